The second-order valence-electron chi connectivity index (χ2n) is 5.73. The molecular formula is C14H29N3O3. The third-order valence-electron chi connectivity index (χ3n) is 2.93. The molecule has 0 aliphatic carbocycles. The van der Waals surface area contributed by atoms with Crippen molar-refractivity contribution in [3.05, 3.63) is 0 Å². The van der Waals surface area contributed by atoms with Gasteiger partial charge in [-0.1, -0.05) is 20.8 Å². The summed E-state index contributed by atoms with van der Waals surface area (Å²) in [6, 6.07) is -0.487. The van der Waals surface area contributed by atoms with Crippen LogP contribution in [0.4, 0.5) is 0 Å². The lowest BCUT2D eigenvalue weighted by Gasteiger charge is -2.21. The Morgan fingerprint density at radius 2 is 1.70 bits per heavy atom. The van der Waals surface area contributed by atoms with Crippen LogP contribution in [0.5, 0.6) is 0 Å². The maximum atomic E-state index is 11.9. The number of ketones is 1. The summed E-state index contributed by atoms with van der Waals surface area (Å²) in [5, 5.41) is 8.62. The predicted molar refractivity (Wildman–Crippen MR) is 79.7 cm³/mol. The van der Waals surface area contributed by atoms with E-state index >= 15 is 0 Å². The summed E-state index contributed by atoms with van der Waals surface area (Å²) in [6.07, 6.45) is 0.201. The third-order valence-corrected chi connectivity index (χ3v) is 2.93. The van der Waals surface area contributed by atoms with Crippen molar-refractivity contribution in [2.75, 3.05) is 40.4 Å². The summed E-state index contributed by atoms with van der Waals surface area (Å²) in [5.41, 5.74) is -0.425. The Morgan fingerprint density at radius 3 is 2.20 bits per heavy atom. The Balaban J connectivity index is 4.00. The molecule has 6 heteroatoms. The van der Waals surface area contributed by atoms with Crippen LogP contribution in [0.1, 0.15) is 27.2 Å². The molecule has 1 unspecified atom stereocenters. The van der Waals surface area contributed by atoms with Crippen molar-refractivity contribution >= 4 is 11.7 Å². The van der Waals surface area contributed by atoms with E-state index in [0.717, 1.165) is 6.54 Å². The summed E-state index contributed by atoms with van der Waals surface area (Å²) in [4.78, 5) is 23.9. The molecular weight excluding hydrogens is 258 g/mol. The fraction of sp³-hybridized carbons (Fsp3) is 0.857. The van der Waals surface area contributed by atoms with Crippen LogP contribution in [0.25, 0.3) is 0 Å². The highest BCUT2D eigenvalue weighted by atomic mass is 16.5. The van der Waals surface area contributed by atoms with Crippen LogP contribution in [0, 0.1) is 5.41 Å². The molecule has 0 fully saturated rings. The summed E-state index contributed by atoms with van der Waals surface area (Å²) in [6.45, 7) is 7.89. The zero-order valence-corrected chi connectivity index (χ0v) is 13.3. The number of hydrogen-bond acceptors (Lipinski definition) is 5. The van der Waals surface area contributed by atoms with Gasteiger partial charge in [-0.2, -0.15) is 0 Å². The maximum Gasteiger partial charge on any atom is 0.237 e. The smallest absolute Gasteiger partial charge is 0.237 e. The topological polar surface area (TPSA) is 79.5 Å². The normalized spacial score (nSPS) is 13.1. The minimum atomic E-state index is -0.487. The van der Waals surface area contributed by atoms with Gasteiger partial charge in [-0.15, -0.1) is 0 Å². The van der Waals surface area contributed by atoms with Gasteiger partial charge < -0.3 is 20.7 Å². The highest BCUT2D eigenvalue weighted by molar-refractivity contribution is 5.91. The first kappa shape index (κ1) is 19.0. The second-order valence-corrected chi connectivity index (χ2v) is 5.73. The molecule has 0 bridgehead atoms. The van der Waals surface area contributed by atoms with Gasteiger partial charge in [0.25, 0.3) is 0 Å². The van der Waals surface area contributed by atoms with E-state index in [4.69, 9.17) is 4.74 Å². The first-order valence-electron chi connectivity index (χ1n) is 7.03. The molecule has 20 heavy (non-hydrogen) atoms. The largest absolute Gasteiger partial charge is 0.378 e. The molecule has 1 atom stereocenters. The summed E-state index contributed by atoms with van der Waals surface area (Å²) in [7, 11) is 3.54. The van der Waals surface area contributed by atoms with Crippen LogP contribution >= 0.6 is 0 Å². The van der Waals surface area contributed by atoms with Gasteiger partial charge in [0.1, 0.15) is 5.78 Å². The van der Waals surface area contributed by atoms with Gasteiger partial charge >= 0.3 is 0 Å². The van der Waals surface area contributed by atoms with Crippen LogP contribution in [0.2, 0.25) is 0 Å². The molecule has 0 spiro atoms. The maximum absolute atomic E-state index is 11.9. The molecule has 1 amide bonds. The Bertz CT molecular complexity index is 301. The Kier molecular flexibility index (Phi) is 9.37. The van der Waals surface area contributed by atoms with E-state index in [2.05, 4.69) is 16.0 Å². The number of Topliss-reactive ketones (excluding diaryl/α,β-unsaturated/α-hetero) is 1. The van der Waals surface area contributed by atoms with Gasteiger partial charge in [0.2, 0.25) is 5.91 Å². The van der Waals surface area contributed by atoms with Crippen molar-refractivity contribution in [1.29, 1.82) is 0 Å². The average Bonchev–Trinajstić information content (AvgIpc) is 2.38. The van der Waals surface area contributed by atoms with Crippen LogP contribution in [0.15, 0.2) is 0 Å². The Morgan fingerprint density at radius 1 is 1.10 bits per heavy atom. The molecule has 0 radical (unpaired) electrons. The molecule has 0 aliphatic rings. The fourth-order valence-electron chi connectivity index (χ4n) is 1.46. The van der Waals surface area contributed by atoms with E-state index in [-0.39, 0.29) is 18.1 Å². The standard InChI is InChI=1S/C14H29N3O3/c1-14(2,3)12(18)10-11(16-5)13(19)17-7-9-20-8-6-15-4/h11,15-16H,6-10H2,1-5H3,(H,17,19). The number of nitrogens with one attached hydrogen (secondary N) is 3. The molecule has 6 nitrogen and oxygen atoms in total. The van der Waals surface area contributed by atoms with Crippen LogP contribution in [0.3, 0.4) is 0 Å². The lowest BCUT2D eigenvalue weighted by molar-refractivity contribution is -0.131. The van der Waals surface area contributed by atoms with Gasteiger partial charge in [0.05, 0.1) is 19.3 Å². The first-order chi connectivity index (χ1) is 9.32. The second kappa shape index (κ2) is 9.85. The first-order valence-corrected chi connectivity index (χ1v) is 7.03. The zero-order valence-electron chi connectivity index (χ0n) is 13.3. The van der Waals surface area contributed by atoms with Gasteiger partial charge in [-0.3, -0.25) is 9.59 Å². The molecule has 3 N–H and O–H groups in total. The lowest BCUT2D eigenvalue weighted by Crippen LogP contribution is -2.46. The molecule has 118 valence electrons. The highest BCUT2D eigenvalue weighted by Gasteiger charge is 2.27. The number of carbonyl (C=O) groups excluding carboxylic acids is 2. The molecule has 0 rings (SSSR count). The Labute approximate surface area is 122 Å². The van der Waals surface area contributed by atoms with Crippen molar-refractivity contribution in [3.63, 3.8) is 0 Å². The number of hydrogen-bond donors (Lipinski definition) is 3. The van der Waals surface area contributed by atoms with E-state index < -0.39 is 11.5 Å². The molecule has 0 saturated carbocycles. The van der Waals surface area contributed by atoms with Crippen LogP contribution in [-0.2, 0) is 14.3 Å². The van der Waals surface area contributed by atoms with Crippen molar-refractivity contribution in [2.45, 2.75) is 33.2 Å². The van der Waals surface area contributed by atoms with E-state index in [9.17, 15) is 9.59 Å². The lowest BCUT2D eigenvalue weighted by atomic mass is 9.87. The zero-order chi connectivity index (χ0) is 15.6. The van der Waals surface area contributed by atoms with Gasteiger partial charge in [-0.05, 0) is 14.1 Å². The molecule has 0 saturated heterocycles. The number of ether oxygens (including phenoxy) is 1. The molecule has 0 aliphatic heterocycles. The number of carbonyl (C=O) groups is 2. The number of likely N-dealkylation sites (N-methyl/N-ethyl adjacent to an activating group) is 2. The van der Waals surface area contributed by atoms with Gasteiger partial charge in [0.15, 0.2) is 0 Å². The molecule has 0 aromatic rings. The van der Waals surface area contributed by atoms with Crippen molar-refractivity contribution < 1.29 is 14.3 Å². The van der Waals surface area contributed by atoms with E-state index in [1.807, 2.05) is 27.8 Å². The monoisotopic (exact) mass is 287 g/mol. The summed E-state index contributed by atoms with van der Waals surface area (Å²) >= 11 is 0. The molecule has 0 heterocycles. The van der Waals surface area contributed by atoms with Crippen molar-refractivity contribution in [3.8, 4) is 0 Å². The Hall–Kier alpha value is -0.980. The number of rotatable bonds is 10. The van der Waals surface area contributed by atoms with Gasteiger partial charge in [0, 0.05) is 24.9 Å². The van der Waals surface area contributed by atoms with E-state index in [0.29, 0.717) is 19.8 Å². The fourth-order valence-corrected chi connectivity index (χ4v) is 1.46. The predicted octanol–water partition coefficient (Wildman–Crippen LogP) is -0.0681. The quantitative estimate of drug-likeness (QED) is 0.490. The van der Waals surface area contributed by atoms with Crippen LogP contribution in [-0.4, -0.2) is 58.1 Å². The van der Waals surface area contributed by atoms with E-state index in [1.54, 1.807) is 7.05 Å². The van der Waals surface area contributed by atoms with Crippen molar-refractivity contribution in [2.24, 2.45) is 5.41 Å². The number of amides is 1. The van der Waals surface area contributed by atoms with Crippen molar-refractivity contribution in [1.82, 2.24) is 16.0 Å². The third kappa shape index (κ3) is 8.24. The van der Waals surface area contributed by atoms with E-state index in [1.165, 1.54) is 0 Å². The van der Waals surface area contributed by atoms with Gasteiger partial charge in [-0.25, -0.2) is 0 Å². The minimum Gasteiger partial charge on any atom is -0.378 e. The molecule has 0 aromatic carbocycles. The highest BCUT2D eigenvalue weighted by Crippen LogP contribution is 2.17. The average molecular weight is 287 g/mol. The summed E-state index contributed by atoms with van der Waals surface area (Å²) < 4.78 is 5.31. The minimum absolute atomic E-state index is 0.0669. The summed E-state index contributed by atoms with van der Waals surface area (Å²) in [5.74, 6) is -0.0976. The van der Waals surface area contributed by atoms with Crippen LogP contribution < -0.4 is 16.0 Å². The molecule has 0 aromatic heterocycles. The SMILES string of the molecule is CNCCOCCNC(=O)C(CC(=O)C(C)(C)C)NC.